The molecule has 0 aliphatic heterocycles. The number of benzene rings is 1. The lowest BCUT2D eigenvalue weighted by molar-refractivity contribution is 0.253. The first-order valence-electron chi connectivity index (χ1n) is 6.51. The minimum absolute atomic E-state index is 0.131. The van der Waals surface area contributed by atoms with E-state index in [4.69, 9.17) is 4.42 Å². The molecule has 2 aromatic rings. The second-order valence-corrected chi connectivity index (χ2v) is 6.16. The van der Waals surface area contributed by atoms with E-state index in [1.165, 1.54) is 16.5 Å². The van der Waals surface area contributed by atoms with Gasteiger partial charge in [0.2, 0.25) is 0 Å². The maximum Gasteiger partial charge on any atom is 0.137 e. The van der Waals surface area contributed by atoms with Gasteiger partial charge in [-0.25, -0.2) is 0 Å². The molecule has 0 spiro atoms. The Labute approximate surface area is 109 Å². The Bertz CT molecular complexity index is 560. The molecule has 0 fully saturated rings. The van der Waals surface area contributed by atoms with Gasteiger partial charge in [0.25, 0.3) is 0 Å². The first kappa shape index (κ1) is 13.2. The molecule has 1 N–H and O–H groups in total. The summed E-state index contributed by atoms with van der Waals surface area (Å²) in [5.41, 5.74) is 3.67. The summed E-state index contributed by atoms with van der Waals surface area (Å²) in [6, 6.07) is 6.68. The highest BCUT2D eigenvalue weighted by Gasteiger charge is 2.27. The van der Waals surface area contributed by atoms with Crippen LogP contribution in [-0.4, -0.2) is 7.05 Å². The molecule has 0 saturated carbocycles. The van der Waals surface area contributed by atoms with Crippen molar-refractivity contribution in [3.05, 3.63) is 35.1 Å². The fourth-order valence-electron chi connectivity index (χ4n) is 2.51. The third-order valence-electron chi connectivity index (χ3n) is 3.66. The van der Waals surface area contributed by atoms with E-state index in [0.29, 0.717) is 0 Å². The molecule has 98 valence electrons. The third kappa shape index (κ3) is 2.17. The van der Waals surface area contributed by atoms with Crippen molar-refractivity contribution < 1.29 is 4.42 Å². The molecule has 2 heteroatoms. The molecule has 0 radical (unpaired) electrons. The highest BCUT2D eigenvalue weighted by atomic mass is 16.3. The number of hydrogen-bond donors (Lipinski definition) is 1. The highest BCUT2D eigenvalue weighted by Crippen LogP contribution is 2.36. The standard InChI is InChI=1S/C16H23NO/c1-10-7-8-12-9-13(18-14(12)11(10)2)15(17-6)16(3,4)5/h7-9,15,17H,1-6H3. The number of hydrogen-bond acceptors (Lipinski definition) is 2. The summed E-state index contributed by atoms with van der Waals surface area (Å²) < 4.78 is 6.10. The van der Waals surface area contributed by atoms with Gasteiger partial charge >= 0.3 is 0 Å². The highest BCUT2D eigenvalue weighted by molar-refractivity contribution is 5.82. The fraction of sp³-hybridized carbons (Fsp3) is 0.500. The summed E-state index contributed by atoms with van der Waals surface area (Å²) in [7, 11) is 1.99. The average Bonchev–Trinajstić information content (AvgIpc) is 2.67. The SMILES string of the molecule is CNC(c1cc2ccc(C)c(C)c2o1)C(C)(C)C. The molecule has 0 amide bonds. The summed E-state index contributed by atoms with van der Waals surface area (Å²) in [6.07, 6.45) is 0. The molecule has 1 atom stereocenters. The summed E-state index contributed by atoms with van der Waals surface area (Å²) in [5.74, 6) is 1.02. The predicted octanol–water partition coefficient (Wildman–Crippen LogP) is 4.36. The third-order valence-corrected chi connectivity index (χ3v) is 3.66. The molecular weight excluding hydrogens is 222 g/mol. The molecule has 1 unspecified atom stereocenters. The van der Waals surface area contributed by atoms with Crippen LogP contribution in [0.25, 0.3) is 11.0 Å². The Kier molecular flexibility index (Phi) is 3.24. The monoisotopic (exact) mass is 245 g/mol. The first-order chi connectivity index (χ1) is 8.34. The first-order valence-corrected chi connectivity index (χ1v) is 6.51. The van der Waals surface area contributed by atoms with Gasteiger partial charge in [-0.2, -0.15) is 0 Å². The van der Waals surface area contributed by atoms with E-state index >= 15 is 0 Å². The van der Waals surface area contributed by atoms with Crippen molar-refractivity contribution in [3.8, 4) is 0 Å². The molecule has 0 bridgehead atoms. The van der Waals surface area contributed by atoms with E-state index in [9.17, 15) is 0 Å². The molecule has 0 aliphatic carbocycles. The van der Waals surface area contributed by atoms with Crippen LogP contribution >= 0.6 is 0 Å². The lowest BCUT2D eigenvalue weighted by atomic mass is 9.85. The van der Waals surface area contributed by atoms with E-state index in [1.807, 2.05) is 7.05 Å². The minimum atomic E-state index is 0.131. The Balaban J connectivity index is 2.56. The van der Waals surface area contributed by atoms with Crippen molar-refractivity contribution in [2.75, 3.05) is 7.05 Å². The van der Waals surface area contributed by atoms with Crippen molar-refractivity contribution in [1.29, 1.82) is 0 Å². The lowest BCUT2D eigenvalue weighted by Crippen LogP contribution is -2.29. The average molecular weight is 245 g/mol. The zero-order valence-electron chi connectivity index (χ0n) is 12.2. The van der Waals surface area contributed by atoms with E-state index in [0.717, 1.165) is 11.3 Å². The summed E-state index contributed by atoms with van der Waals surface area (Å²) in [4.78, 5) is 0. The van der Waals surface area contributed by atoms with Gasteiger partial charge < -0.3 is 9.73 Å². The van der Waals surface area contributed by atoms with Gasteiger partial charge in [0, 0.05) is 5.39 Å². The van der Waals surface area contributed by atoms with Gasteiger partial charge in [-0.05, 0) is 43.5 Å². The smallest absolute Gasteiger partial charge is 0.137 e. The van der Waals surface area contributed by atoms with Gasteiger partial charge in [0.05, 0.1) is 6.04 Å². The molecule has 1 heterocycles. The van der Waals surface area contributed by atoms with Gasteiger partial charge in [-0.1, -0.05) is 32.9 Å². The molecule has 1 aromatic heterocycles. The Hall–Kier alpha value is -1.28. The van der Waals surface area contributed by atoms with Crippen LogP contribution < -0.4 is 5.32 Å². The Morgan fingerprint density at radius 1 is 1.17 bits per heavy atom. The van der Waals surface area contributed by atoms with Crippen molar-refractivity contribution in [2.45, 2.75) is 40.7 Å². The van der Waals surface area contributed by atoms with Crippen LogP contribution in [0, 0.1) is 19.3 Å². The molecular formula is C16H23NO. The number of aryl methyl sites for hydroxylation is 2. The summed E-state index contributed by atoms with van der Waals surface area (Å²) in [6.45, 7) is 10.9. The summed E-state index contributed by atoms with van der Waals surface area (Å²) in [5, 5.41) is 4.55. The molecule has 0 saturated heterocycles. The van der Waals surface area contributed by atoms with Gasteiger partial charge in [0.15, 0.2) is 0 Å². The summed E-state index contributed by atoms with van der Waals surface area (Å²) >= 11 is 0. The molecule has 0 aliphatic rings. The van der Waals surface area contributed by atoms with Gasteiger partial charge in [-0.3, -0.25) is 0 Å². The maximum atomic E-state index is 6.10. The molecule has 18 heavy (non-hydrogen) atoms. The van der Waals surface area contributed by atoms with Crippen molar-refractivity contribution in [2.24, 2.45) is 5.41 Å². The largest absolute Gasteiger partial charge is 0.459 e. The van der Waals surface area contributed by atoms with Crippen LogP contribution in [-0.2, 0) is 0 Å². The Morgan fingerprint density at radius 3 is 2.39 bits per heavy atom. The Morgan fingerprint density at radius 2 is 1.83 bits per heavy atom. The van der Waals surface area contributed by atoms with Crippen LogP contribution in [0.2, 0.25) is 0 Å². The zero-order chi connectivity index (χ0) is 13.5. The molecule has 2 rings (SSSR count). The van der Waals surface area contributed by atoms with E-state index < -0.39 is 0 Å². The number of nitrogens with one attached hydrogen (secondary N) is 1. The van der Waals surface area contributed by atoms with Crippen LogP contribution in [0.1, 0.15) is 43.7 Å². The van der Waals surface area contributed by atoms with Crippen molar-refractivity contribution in [3.63, 3.8) is 0 Å². The van der Waals surface area contributed by atoms with Crippen LogP contribution in [0.5, 0.6) is 0 Å². The van der Waals surface area contributed by atoms with Crippen LogP contribution in [0.3, 0.4) is 0 Å². The molecule has 2 nitrogen and oxygen atoms in total. The second-order valence-electron chi connectivity index (χ2n) is 6.16. The normalized spacial score (nSPS) is 14.1. The van der Waals surface area contributed by atoms with Gasteiger partial charge in [0.1, 0.15) is 11.3 Å². The minimum Gasteiger partial charge on any atom is -0.459 e. The predicted molar refractivity (Wildman–Crippen MR) is 76.9 cm³/mol. The molecule has 1 aromatic carbocycles. The van der Waals surface area contributed by atoms with Crippen LogP contribution in [0.15, 0.2) is 22.6 Å². The fourth-order valence-corrected chi connectivity index (χ4v) is 2.51. The topological polar surface area (TPSA) is 25.2 Å². The number of rotatable bonds is 2. The van der Waals surface area contributed by atoms with E-state index in [-0.39, 0.29) is 11.5 Å². The lowest BCUT2D eigenvalue weighted by Gasteiger charge is -2.28. The van der Waals surface area contributed by atoms with E-state index in [1.54, 1.807) is 0 Å². The van der Waals surface area contributed by atoms with Gasteiger partial charge in [-0.15, -0.1) is 0 Å². The number of fused-ring (bicyclic) bond motifs is 1. The van der Waals surface area contributed by atoms with Crippen molar-refractivity contribution in [1.82, 2.24) is 5.32 Å². The van der Waals surface area contributed by atoms with E-state index in [2.05, 4.69) is 58.1 Å². The maximum absolute atomic E-state index is 6.10. The number of furan rings is 1. The quantitative estimate of drug-likeness (QED) is 0.850. The zero-order valence-corrected chi connectivity index (χ0v) is 12.2. The van der Waals surface area contributed by atoms with Crippen LogP contribution in [0.4, 0.5) is 0 Å². The van der Waals surface area contributed by atoms with Crippen molar-refractivity contribution >= 4 is 11.0 Å². The second kappa shape index (κ2) is 4.43.